The number of rotatable bonds is 8. The number of nitrogens with one attached hydrogen (secondary N) is 3. The van der Waals surface area contributed by atoms with Gasteiger partial charge in [0.05, 0.1) is 35.9 Å². The van der Waals surface area contributed by atoms with Crippen molar-refractivity contribution in [3.63, 3.8) is 0 Å². The lowest BCUT2D eigenvalue weighted by Gasteiger charge is -2.24. The molecular formula is C19H29F2N7O4S. The highest BCUT2D eigenvalue weighted by molar-refractivity contribution is 7.90. The molecule has 1 aliphatic rings. The first-order valence-corrected chi connectivity index (χ1v) is 12.0. The molecule has 1 aliphatic heterocycles. The number of nitrogens with zero attached hydrogens (tertiary/aromatic N) is 4. The molecule has 3 rings (SSSR count). The second kappa shape index (κ2) is 9.63. The number of carbonyl (C=O) groups is 1. The number of fused-ring (bicyclic) bond motifs is 1. The summed E-state index contributed by atoms with van der Waals surface area (Å²) in [6.45, 7) is 7.17. The lowest BCUT2D eigenvalue weighted by atomic mass is 10.0. The smallest absolute Gasteiger partial charge is 0.333 e. The fourth-order valence-corrected chi connectivity index (χ4v) is 4.62. The van der Waals surface area contributed by atoms with Crippen LogP contribution in [0.3, 0.4) is 0 Å². The summed E-state index contributed by atoms with van der Waals surface area (Å²) in [5.41, 5.74) is 0.991. The fraction of sp³-hybridized carbons (Fsp3) is 0.632. The van der Waals surface area contributed by atoms with E-state index in [1.807, 2.05) is 4.72 Å². The summed E-state index contributed by atoms with van der Waals surface area (Å²) in [6, 6.07) is -1.07. The number of carbonyl (C=O) groups excluding carboxylic acids is 1. The van der Waals surface area contributed by atoms with E-state index in [4.69, 9.17) is 4.74 Å². The number of hydrogen-bond acceptors (Lipinski definition) is 7. The van der Waals surface area contributed by atoms with Crippen molar-refractivity contribution in [3.05, 3.63) is 17.6 Å². The van der Waals surface area contributed by atoms with Crippen LogP contribution in [0.5, 0.6) is 5.88 Å². The largest absolute Gasteiger partial charge is 0.475 e. The van der Waals surface area contributed by atoms with Gasteiger partial charge < -0.3 is 15.4 Å². The molecule has 2 aromatic rings. The van der Waals surface area contributed by atoms with E-state index in [1.54, 1.807) is 34.7 Å². The fourth-order valence-electron chi connectivity index (χ4n) is 3.63. The molecular weight excluding hydrogens is 460 g/mol. The summed E-state index contributed by atoms with van der Waals surface area (Å²) in [5, 5.41) is 13.8. The summed E-state index contributed by atoms with van der Waals surface area (Å²) >= 11 is 0. The van der Waals surface area contributed by atoms with Gasteiger partial charge in [0.15, 0.2) is 4.90 Å². The third-order valence-corrected chi connectivity index (χ3v) is 6.47. The number of aromatic nitrogens is 4. The minimum atomic E-state index is -4.32. The van der Waals surface area contributed by atoms with Crippen molar-refractivity contribution < 1.29 is 26.7 Å². The van der Waals surface area contributed by atoms with Crippen LogP contribution in [0.15, 0.2) is 11.1 Å². The van der Waals surface area contributed by atoms with Gasteiger partial charge in [0.25, 0.3) is 16.4 Å². The highest BCUT2D eigenvalue weighted by Gasteiger charge is 2.32. The number of urea groups is 1. The normalized spacial score (nSPS) is 16.2. The van der Waals surface area contributed by atoms with E-state index in [-0.39, 0.29) is 40.9 Å². The van der Waals surface area contributed by atoms with Crippen LogP contribution in [0.4, 0.5) is 19.3 Å². The number of hydrogen-bond donors (Lipinski definition) is 3. The van der Waals surface area contributed by atoms with Crippen LogP contribution < -0.4 is 20.1 Å². The molecule has 33 heavy (non-hydrogen) atoms. The van der Waals surface area contributed by atoms with Gasteiger partial charge in [0.1, 0.15) is 13.2 Å². The van der Waals surface area contributed by atoms with Crippen molar-refractivity contribution in [1.29, 1.82) is 0 Å². The second-order valence-electron chi connectivity index (χ2n) is 8.38. The second-order valence-corrected chi connectivity index (χ2v) is 10.0. The Balaban J connectivity index is 1.86. The number of amides is 2. The Morgan fingerprint density at radius 1 is 1.27 bits per heavy atom. The molecule has 0 spiro atoms. The Labute approximate surface area is 190 Å². The van der Waals surface area contributed by atoms with Crippen LogP contribution in [0.25, 0.3) is 0 Å². The summed E-state index contributed by atoms with van der Waals surface area (Å²) in [4.78, 5) is 12.4. The van der Waals surface area contributed by atoms with E-state index in [9.17, 15) is 22.0 Å². The Bertz CT molecular complexity index is 1110. The molecule has 1 atom stereocenters. The lowest BCUT2D eigenvalue weighted by molar-refractivity contribution is 0.120. The van der Waals surface area contributed by atoms with Gasteiger partial charge >= 0.3 is 6.03 Å². The first-order valence-electron chi connectivity index (χ1n) is 10.5. The van der Waals surface area contributed by atoms with Crippen molar-refractivity contribution in [3.8, 4) is 5.88 Å². The number of halogens is 2. The minimum absolute atomic E-state index is 0.0297. The lowest BCUT2D eigenvalue weighted by Crippen LogP contribution is -2.40. The molecule has 0 aliphatic carbocycles. The van der Waals surface area contributed by atoms with Gasteiger partial charge in [-0.1, -0.05) is 27.7 Å². The summed E-state index contributed by atoms with van der Waals surface area (Å²) in [7, 11) is -2.56. The number of sulfonamides is 1. The van der Waals surface area contributed by atoms with E-state index in [0.717, 1.165) is 10.9 Å². The van der Waals surface area contributed by atoms with Crippen molar-refractivity contribution in [2.75, 3.05) is 19.0 Å². The molecule has 3 heterocycles. The predicted octanol–water partition coefficient (Wildman–Crippen LogP) is 2.08. The van der Waals surface area contributed by atoms with E-state index >= 15 is 0 Å². The third-order valence-electron chi connectivity index (χ3n) is 5.16. The molecule has 2 aromatic heterocycles. The van der Waals surface area contributed by atoms with Crippen LogP contribution in [0, 0.1) is 0 Å². The zero-order valence-corrected chi connectivity index (χ0v) is 19.9. The number of ether oxygens (including phenoxy) is 1. The SMILES string of the molecule is CNC1COc2c(S(=O)(=O)NC(=O)Nc3c(C(C)C)nn(CC(F)F)c3C(C)C)cnn2C1. The van der Waals surface area contributed by atoms with Crippen LogP contribution in [0.2, 0.25) is 0 Å². The van der Waals surface area contributed by atoms with E-state index in [0.29, 0.717) is 17.9 Å². The Kier molecular flexibility index (Phi) is 7.26. The Morgan fingerprint density at radius 3 is 2.55 bits per heavy atom. The van der Waals surface area contributed by atoms with Gasteiger partial charge in [-0.05, 0) is 18.9 Å². The molecule has 0 aromatic carbocycles. The van der Waals surface area contributed by atoms with Gasteiger partial charge in [0.2, 0.25) is 5.88 Å². The average Bonchev–Trinajstić information content (AvgIpc) is 3.28. The van der Waals surface area contributed by atoms with Crippen LogP contribution in [0.1, 0.15) is 50.9 Å². The molecule has 0 saturated carbocycles. The van der Waals surface area contributed by atoms with Crippen molar-refractivity contribution in [1.82, 2.24) is 29.6 Å². The quantitative estimate of drug-likeness (QED) is 0.517. The zero-order chi connectivity index (χ0) is 24.5. The minimum Gasteiger partial charge on any atom is -0.475 e. The average molecular weight is 490 g/mol. The molecule has 0 fully saturated rings. The zero-order valence-electron chi connectivity index (χ0n) is 19.1. The van der Waals surface area contributed by atoms with Crippen LogP contribution in [-0.4, -0.2) is 60.1 Å². The Hall–Kier alpha value is -2.74. The molecule has 0 saturated heterocycles. The third kappa shape index (κ3) is 5.27. The van der Waals surface area contributed by atoms with Crippen molar-refractivity contribution >= 4 is 21.7 Å². The van der Waals surface area contributed by atoms with Crippen LogP contribution >= 0.6 is 0 Å². The van der Waals surface area contributed by atoms with Gasteiger partial charge in [-0.25, -0.2) is 31.4 Å². The molecule has 0 radical (unpaired) electrons. The topological polar surface area (TPSA) is 132 Å². The maximum Gasteiger partial charge on any atom is 0.333 e. The molecule has 2 amide bonds. The molecule has 0 bridgehead atoms. The summed E-state index contributed by atoms with van der Waals surface area (Å²) in [6.07, 6.45) is -1.52. The number of anilines is 1. The van der Waals surface area contributed by atoms with Crippen molar-refractivity contribution in [2.45, 2.75) is 70.0 Å². The van der Waals surface area contributed by atoms with Gasteiger partial charge in [-0.15, -0.1) is 0 Å². The highest BCUT2D eigenvalue weighted by atomic mass is 32.2. The van der Waals surface area contributed by atoms with Gasteiger partial charge in [-0.2, -0.15) is 10.2 Å². The Morgan fingerprint density at radius 2 is 1.97 bits per heavy atom. The van der Waals surface area contributed by atoms with E-state index in [1.165, 1.54) is 4.68 Å². The molecule has 184 valence electrons. The van der Waals surface area contributed by atoms with E-state index < -0.39 is 29.0 Å². The maximum absolute atomic E-state index is 13.1. The van der Waals surface area contributed by atoms with E-state index in [2.05, 4.69) is 20.8 Å². The standard InChI is InChI=1S/C19H29F2N7O4S/c1-10(2)15-16(17(11(3)4)27(25-15)8-14(20)21)24-19(29)26-33(30,31)13-6-23-28-7-12(22-5)9-32-18(13)28/h6,10-12,14,22H,7-9H2,1-5H3,(H2,24,26,29). The van der Waals surface area contributed by atoms with Gasteiger partial charge in [-0.3, -0.25) is 4.68 Å². The first-order chi connectivity index (χ1) is 15.4. The molecule has 14 heteroatoms. The number of likely N-dealkylation sites (N-methyl/N-ethyl adjacent to an activating group) is 1. The van der Waals surface area contributed by atoms with Gasteiger partial charge in [0, 0.05) is 0 Å². The molecule has 1 unspecified atom stereocenters. The molecule has 11 nitrogen and oxygen atoms in total. The monoisotopic (exact) mass is 489 g/mol. The van der Waals surface area contributed by atoms with Crippen LogP contribution in [-0.2, 0) is 23.1 Å². The summed E-state index contributed by atoms with van der Waals surface area (Å²) in [5.74, 6) is -0.422. The van der Waals surface area contributed by atoms with Crippen molar-refractivity contribution in [2.24, 2.45) is 0 Å². The highest BCUT2D eigenvalue weighted by Crippen LogP contribution is 2.33. The maximum atomic E-state index is 13.1. The first kappa shape index (κ1) is 24.9. The number of alkyl halides is 2. The molecule has 3 N–H and O–H groups in total. The summed E-state index contributed by atoms with van der Waals surface area (Å²) < 4.78 is 61.9. The predicted molar refractivity (Wildman–Crippen MR) is 116 cm³/mol.